The van der Waals surface area contributed by atoms with Gasteiger partial charge in [-0.1, -0.05) is 6.07 Å². The van der Waals surface area contributed by atoms with Crippen LogP contribution in [0.3, 0.4) is 0 Å². The van der Waals surface area contributed by atoms with E-state index in [4.69, 9.17) is 10.5 Å². The minimum atomic E-state index is 0.499. The van der Waals surface area contributed by atoms with E-state index in [9.17, 15) is 0 Å². The van der Waals surface area contributed by atoms with Gasteiger partial charge in [0.15, 0.2) is 0 Å². The number of anilines is 1. The van der Waals surface area contributed by atoms with Crippen molar-refractivity contribution in [3.8, 4) is 11.4 Å². The lowest BCUT2D eigenvalue weighted by Gasteiger charge is -2.08. The van der Waals surface area contributed by atoms with Gasteiger partial charge in [-0.3, -0.25) is 0 Å². The van der Waals surface area contributed by atoms with Crippen LogP contribution in [0.2, 0.25) is 0 Å². The molecule has 0 spiro atoms. The van der Waals surface area contributed by atoms with Crippen molar-refractivity contribution in [2.24, 2.45) is 0 Å². The molecular weight excluding hydrogens is 190 g/mol. The van der Waals surface area contributed by atoms with Crippen molar-refractivity contribution < 1.29 is 4.74 Å². The average molecular weight is 203 g/mol. The van der Waals surface area contributed by atoms with Gasteiger partial charge in [0, 0.05) is 12.3 Å². The molecule has 78 valence electrons. The van der Waals surface area contributed by atoms with Crippen LogP contribution in [0, 0.1) is 6.92 Å². The van der Waals surface area contributed by atoms with E-state index >= 15 is 0 Å². The first kappa shape index (κ1) is 9.58. The van der Waals surface area contributed by atoms with Crippen molar-refractivity contribution in [1.82, 2.24) is 9.78 Å². The Hall–Kier alpha value is -1.97. The Morgan fingerprint density at radius 2 is 2.13 bits per heavy atom. The number of nitrogens with two attached hydrogens (primary N) is 1. The number of benzene rings is 1. The Morgan fingerprint density at radius 1 is 1.33 bits per heavy atom. The van der Waals surface area contributed by atoms with Crippen LogP contribution < -0.4 is 10.5 Å². The van der Waals surface area contributed by atoms with Crippen molar-refractivity contribution in [2.45, 2.75) is 6.92 Å². The maximum absolute atomic E-state index is 5.57. The molecule has 0 aliphatic heterocycles. The Bertz CT molecular complexity index is 476. The zero-order valence-electron chi connectivity index (χ0n) is 8.77. The summed E-state index contributed by atoms with van der Waals surface area (Å²) < 4.78 is 6.97. The van der Waals surface area contributed by atoms with Crippen LogP contribution in [-0.2, 0) is 0 Å². The molecule has 0 unspecified atom stereocenters. The smallest absolute Gasteiger partial charge is 0.145 e. The van der Waals surface area contributed by atoms with E-state index in [1.165, 1.54) is 0 Å². The fourth-order valence-electron chi connectivity index (χ4n) is 1.45. The molecule has 0 fully saturated rings. The van der Waals surface area contributed by atoms with Crippen molar-refractivity contribution in [1.29, 1.82) is 0 Å². The highest BCUT2D eigenvalue weighted by Gasteiger charge is 2.06. The van der Waals surface area contributed by atoms with Crippen LogP contribution >= 0.6 is 0 Å². The molecule has 0 bridgehead atoms. The predicted molar refractivity (Wildman–Crippen MR) is 59.3 cm³/mol. The number of aryl methyl sites for hydroxylation is 1. The summed E-state index contributed by atoms with van der Waals surface area (Å²) in [5.74, 6) is 1.28. The van der Waals surface area contributed by atoms with E-state index in [-0.39, 0.29) is 0 Å². The number of nitrogens with zero attached hydrogens (tertiary/aromatic N) is 2. The first-order valence-electron chi connectivity index (χ1n) is 4.67. The van der Waals surface area contributed by atoms with Crippen molar-refractivity contribution >= 4 is 5.82 Å². The minimum Gasteiger partial charge on any atom is -0.494 e. The van der Waals surface area contributed by atoms with Crippen molar-refractivity contribution in [3.05, 3.63) is 36.0 Å². The molecule has 0 atom stereocenters. The highest BCUT2D eigenvalue weighted by Crippen LogP contribution is 2.23. The van der Waals surface area contributed by atoms with Crippen LogP contribution in [-0.4, -0.2) is 16.9 Å². The van der Waals surface area contributed by atoms with Gasteiger partial charge >= 0.3 is 0 Å². The predicted octanol–water partition coefficient (Wildman–Crippen LogP) is 1.77. The molecule has 0 saturated carbocycles. The summed E-state index contributed by atoms with van der Waals surface area (Å²) in [5.41, 5.74) is 7.62. The fraction of sp³-hybridized carbons (Fsp3) is 0.182. The second kappa shape index (κ2) is 3.65. The van der Waals surface area contributed by atoms with Gasteiger partial charge in [0.1, 0.15) is 17.3 Å². The molecule has 4 heteroatoms. The molecule has 2 N–H and O–H groups in total. The Balaban J connectivity index is 2.55. The molecular formula is C11H13N3O. The highest BCUT2D eigenvalue weighted by molar-refractivity contribution is 5.49. The number of nitrogen functional groups attached to an aromatic ring is 1. The molecule has 1 aromatic carbocycles. The van der Waals surface area contributed by atoms with Gasteiger partial charge in [0.25, 0.3) is 0 Å². The van der Waals surface area contributed by atoms with Gasteiger partial charge in [-0.25, -0.2) is 4.68 Å². The first-order chi connectivity index (χ1) is 7.20. The molecule has 1 aromatic heterocycles. The monoisotopic (exact) mass is 203 g/mol. The van der Waals surface area contributed by atoms with Crippen LogP contribution in [0.4, 0.5) is 5.82 Å². The Kier molecular flexibility index (Phi) is 2.33. The second-order valence-electron chi connectivity index (χ2n) is 3.36. The maximum Gasteiger partial charge on any atom is 0.145 e. The topological polar surface area (TPSA) is 53.1 Å². The van der Waals surface area contributed by atoms with E-state index in [0.29, 0.717) is 5.82 Å². The van der Waals surface area contributed by atoms with Crippen LogP contribution in [0.1, 0.15) is 5.56 Å². The molecule has 1 heterocycles. The summed E-state index contributed by atoms with van der Waals surface area (Å²) in [4.78, 5) is 0. The second-order valence-corrected chi connectivity index (χ2v) is 3.36. The molecule has 2 rings (SSSR count). The van der Waals surface area contributed by atoms with E-state index < -0.39 is 0 Å². The van der Waals surface area contributed by atoms with Crippen molar-refractivity contribution in [3.63, 3.8) is 0 Å². The van der Waals surface area contributed by atoms with Gasteiger partial charge in [-0.2, -0.15) is 5.10 Å². The summed E-state index contributed by atoms with van der Waals surface area (Å²) in [6.07, 6.45) is 1.81. The third-order valence-electron chi connectivity index (χ3n) is 2.19. The SMILES string of the molecule is COc1ccc(C)cc1-n1ccc(N)n1. The summed E-state index contributed by atoms with van der Waals surface area (Å²) in [6, 6.07) is 7.67. The average Bonchev–Trinajstić information content (AvgIpc) is 2.65. The zero-order valence-corrected chi connectivity index (χ0v) is 8.77. The minimum absolute atomic E-state index is 0.499. The fourth-order valence-corrected chi connectivity index (χ4v) is 1.45. The molecule has 0 amide bonds. The molecule has 15 heavy (non-hydrogen) atoms. The van der Waals surface area contributed by atoms with Crippen LogP contribution in [0.5, 0.6) is 5.75 Å². The summed E-state index contributed by atoms with van der Waals surface area (Å²) in [5, 5.41) is 4.15. The third-order valence-corrected chi connectivity index (χ3v) is 2.19. The van der Waals surface area contributed by atoms with E-state index in [1.54, 1.807) is 17.9 Å². The largest absolute Gasteiger partial charge is 0.494 e. The number of hydrogen-bond acceptors (Lipinski definition) is 3. The molecule has 0 aliphatic carbocycles. The van der Waals surface area contributed by atoms with Gasteiger partial charge in [0.2, 0.25) is 0 Å². The molecule has 0 saturated heterocycles. The van der Waals surface area contributed by atoms with E-state index in [2.05, 4.69) is 5.10 Å². The van der Waals surface area contributed by atoms with Crippen LogP contribution in [0.15, 0.2) is 30.5 Å². The summed E-state index contributed by atoms with van der Waals surface area (Å²) in [7, 11) is 1.64. The van der Waals surface area contributed by atoms with Crippen LogP contribution in [0.25, 0.3) is 5.69 Å². The molecule has 0 radical (unpaired) electrons. The number of rotatable bonds is 2. The summed E-state index contributed by atoms with van der Waals surface area (Å²) in [6.45, 7) is 2.02. The lowest BCUT2D eigenvalue weighted by Crippen LogP contribution is -2.00. The maximum atomic E-state index is 5.57. The Labute approximate surface area is 88.3 Å². The number of methoxy groups -OCH3 is 1. The van der Waals surface area contributed by atoms with E-state index in [1.807, 2.05) is 31.3 Å². The molecule has 4 nitrogen and oxygen atoms in total. The first-order valence-corrected chi connectivity index (χ1v) is 4.67. The van der Waals surface area contributed by atoms with E-state index in [0.717, 1.165) is 17.0 Å². The number of ether oxygens (including phenoxy) is 1. The third kappa shape index (κ3) is 1.79. The molecule has 2 aromatic rings. The zero-order chi connectivity index (χ0) is 10.8. The van der Waals surface area contributed by atoms with Gasteiger partial charge < -0.3 is 10.5 Å². The lowest BCUT2D eigenvalue weighted by molar-refractivity contribution is 0.411. The molecule has 0 aliphatic rings. The highest BCUT2D eigenvalue weighted by atomic mass is 16.5. The summed E-state index contributed by atoms with van der Waals surface area (Å²) >= 11 is 0. The number of aromatic nitrogens is 2. The van der Waals surface area contributed by atoms with Gasteiger partial charge in [0.05, 0.1) is 7.11 Å². The van der Waals surface area contributed by atoms with Gasteiger partial charge in [-0.05, 0) is 24.6 Å². The lowest BCUT2D eigenvalue weighted by atomic mass is 10.2. The Morgan fingerprint density at radius 3 is 2.73 bits per heavy atom. The quantitative estimate of drug-likeness (QED) is 0.809. The standard InChI is InChI=1S/C11H13N3O/c1-8-3-4-10(15-2)9(7-8)14-6-5-11(12)13-14/h3-7H,1-2H3,(H2,12,13). The number of hydrogen-bond donors (Lipinski definition) is 1. The normalized spacial score (nSPS) is 10.3. The van der Waals surface area contributed by atoms with Crippen molar-refractivity contribution in [2.75, 3.05) is 12.8 Å². The van der Waals surface area contributed by atoms with Gasteiger partial charge in [-0.15, -0.1) is 0 Å².